The zero-order chi connectivity index (χ0) is 10.7. The standard InChI is InChI=1S/C9H8BrClO3/c1-13-7-4-5(9(12)14-2)3-6(10)8(7)11/h3-4H,1-2H3. The summed E-state index contributed by atoms with van der Waals surface area (Å²) in [4.78, 5) is 11.2. The molecule has 0 radical (unpaired) electrons. The molecule has 76 valence electrons. The number of benzene rings is 1. The minimum Gasteiger partial charge on any atom is -0.495 e. The molecule has 3 nitrogen and oxygen atoms in total. The van der Waals surface area contributed by atoms with Crippen molar-refractivity contribution in [1.82, 2.24) is 0 Å². The van der Waals surface area contributed by atoms with Gasteiger partial charge in [-0.1, -0.05) is 11.6 Å². The first-order valence-electron chi connectivity index (χ1n) is 3.71. The van der Waals surface area contributed by atoms with E-state index >= 15 is 0 Å². The summed E-state index contributed by atoms with van der Waals surface area (Å²) in [5.74, 6) is 0.00195. The molecular formula is C9H8BrClO3. The van der Waals surface area contributed by atoms with Crippen molar-refractivity contribution in [2.45, 2.75) is 0 Å². The Morgan fingerprint density at radius 1 is 1.43 bits per heavy atom. The van der Waals surface area contributed by atoms with Crippen LogP contribution in [0.3, 0.4) is 0 Å². The number of esters is 1. The minimum absolute atomic E-state index is 0.389. The highest BCUT2D eigenvalue weighted by molar-refractivity contribution is 9.10. The molecule has 0 amide bonds. The van der Waals surface area contributed by atoms with Crippen LogP contribution in [-0.2, 0) is 4.74 Å². The van der Waals surface area contributed by atoms with Gasteiger partial charge in [0.2, 0.25) is 0 Å². The minimum atomic E-state index is -0.430. The molecule has 0 aliphatic carbocycles. The second kappa shape index (κ2) is 4.66. The lowest BCUT2D eigenvalue weighted by molar-refractivity contribution is 0.0600. The molecule has 0 N–H and O–H groups in total. The maximum Gasteiger partial charge on any atom is 0.338 e. The first kappa shape index (κ1) is 11.3. The maximum atomic E-state index is 11.2. The Kier molecular flexibility index (Phi) is 3.77. The van der Waals surface area contributed by atoms with E-state index in [1.807, 2.05) is 0 Å². The van der Waals surface area contributed by atoms with Gasteiger partial charge in [-0.25, -0.2) is 4.79 Å². The van der Waals surface area contributed by atoms with Gasteiger partial charge in [0.05, 0.1) is 24.8 Å². The van der Waals surface area contributed by atoms with E-state index in [2.05, 4.69) is 20.7 Å². The lowest BCUT2D eigenvalue weighted by Crippen LogP contribution is -2.01. The third kappa shape index (κ3) is 2.19. The molecule has 0 fully saturated rings. The highest BCUT2D eigenvalue weighted by Crippen LogP contribution is 2.33. The summed E-state index contributed by atoms with van der Waals surface area (Å²) in [7, 11) is 2.80. The van der Waals surface area contributed by atoms with Crippen molar-refractivity contribution >= 4 is 33.5 Å². The second-order valence-electron chi connectivity index (χ2n) is 2.47. The normalized spacial score (nSPS) is 9.71. The van der Waals surface area contributed by atoms with Crippen molar-refractivity contribution in [3.63, 3.8) is 0 Å². The smallest absolute Gasteiger partial charge is 0.338 e. The molecule has 1 rings (SSSR count). The molecule has 0 aromatic heterocycles. The van der Waals surface area contributed by atoms with E-state index in [-0.39, 0.29) is 0 Å². The van der Waals surface area contributed by atoms with E-state index in [1.165, 1.54) is 20.3 Å². The molecule has 0 unspecified atom stereocenters. The first-order chi connectivity index (χ1) is 6.60. The van der Waals surface area contributed by atoms with E-state index in [9.17, 15) is 4.79 Å². The van der Waals surface area contributed by atoms with Crippen LogP contribution in [0.5, 0.6) is 5.75 Å². The summed E-state index contributed by atoms with van der Waals surface area (Å²) in [5, 5.41) is 0.431. The van der Waals surface area contributed by atoms with Crippen molar-refractivity contribution in [3.8, 4) is 5.75 Å². The van der Waals surface area contributed by atoms with Crippen LogP contribution in [0.4, 0.5) is 0 Å². The second-order valence-corrected chi connectivity index (χ2v) is 3.70. The summed E-state index contributed by atoms with van der Waals surface area (Å²) in [6, 6.07) is 3.11. The van der Waals surface area contributed by atoms with Crippen LogP contribution in [0.25, 0.3) is 0 Å². The molecule has 0 spiro atoms. The first-order valence-corrected chi connectivity index (χ1v) is 4.88. The Balaban J connectivity index is 3.22. The van der Waals surface area contributed by atoms with Crippen LogP contribution >= 0.6 is 27.5 Å². The number of halogens is 2. The zero-order valence-corrected chi connectivity index (χ0v) is 9.98. The summed E-state index contributed by atoms with van der Waals surface area (Å²) in [6.07, 6.45) is 0. The Morgan fingerprint density at radius 3 is 2.57 bits per heavy atom. The predicted octanol–water partition coefficient (Wildman–Crippen LogP) is 2.90. The lowest BCUT2D eigenvalue weighted by atomic mass is 10.2. The molecule has 1 aromatic rings. The summed E-state index contributed by atoms with van der Waals surface area (Å²) >= 11 is 9.10. The van der Waals surface area contributed by atoms with Crippen LogP contribution < -0.4 is 4.74 Å². The average molecular weight is 280 g/mol. The van der Waals surface area contributed by atoms with Gasteiger partial charge in [0.1, 0.15) is 5.75 Å². The fourth-order valence-corrected chi connectivity index (χ4v) is 1.58. The number of hydrogen-bond donors (Lipinski definition) is 0. The summed E-state index contributed by atoms with van der Waals surface area (Å²) in [5.41, 5.74) is 0.389. The largest absolute Gasteiger partial charge is 0.495 e. The van der Waals surface area contributed by atoms with Gasteiger partial charge in [-0.05, 0) is 28.1 Å². The van der Waals surface area contributed by atoms with E-state index in [0.29, 0.717) is 20.8 Å². The number of carbonyl (C=O) groups is 1. The molecule has 0 bridgehead atoms. The van der Waals surface area contributed by atoms with Crippen molar-refractivity contribution in [1.29, 1.82) is 0 Å². The zero-order valence-electron chi connectivity index (χ0n) is 7.64. The van der Waals surface area contributed by atoms with Gasteiger partial charge in [0.25, 0.3) is 0 Å². The van der Waals surface area contributed by atoms with Gasteiger partial charge >= 0.3 is 5.97 Å². The number of rotatable bonds is 2. The van der Waals surface area contributed by atoms with Crippen LogP contribution in [0.1, 0.15) is 10.4 Å². The van der Waals surface area contributed by atoms with Crippen molar-refractivity contribution in [3.05, 3.63) is 27.2 Å². The Hall–Kier alpha value is -0.740. The number of ether oxygens (including phenoxy) is 2. The Bertz CT molecular complexity index is 365. The molecule has 0 atom stereocenters. The molecule has 0 aliphatic rings. The van der Waals surface area contributed by atoms with E-state index in [0.717, 1.165) is 0 Å². The van der Waals surface area contributed by atoms with Gasteiger partial charge in [-0.2, -0.15) is 0 Å². The van der Waals surface area contributed by atoms with Crippen LogP contribution in [0.2, 0.25) is 5.02 Å². The molecule has 0 saturated carbocycles. The number of carbonyl (C=O) groups excluding carboxylic acids is 1. The van der Waals surface area contributed by atoms with E-state index in [1.54, 1.807) is 6.07 Å². The topological polar surface area (TPSA) is 35.5 Å². The molecule has 0 saturated heterocycles. The fourth-order valence-electron chi connectivity index (χ4n) is 0.948. The fraction of sp³-hybridized carbons (Fsp3) is 0.222. The predicted molar refractivity (Wildman–Crippen MR) is 57.0 cm³/mol. The molecule has 0 heterocycles. The SMILES string of the molecule is COC(=O)c1cc(Br)c(Cl)c(OC)c1. The van der Waals surface area contributed by atoms with Gasteiger partial charge in [-0.15, -0.1) is 0 Å². The maximum absolute atomic E-state index is 11.2. The van der Waals surface area contributed by atoms with Gasteiger partial charge in [0, 0.05) is 4.47 Å². The molecule has 1 aromatic carbocycles. The molecule has 0 aliphatic heterocycles. The third-order valence-electron chi connectivity index (χ3n) is 1.64. The van der Waals surface area contributed by atoms with Gasteiger partial charge in [-0.3, -0.25) is 0 Å². The summed E-state index contributed by atoms with van der Waals surface area (Å²) < 4.78 is 10.2. The monoisotopic (exact) mass is 278 g/mol. The average Bonchev–Trinajstić information content (AvgIpc) is 2.20. The lowest BCUT2D eigenvalue weighted by Gasteiger charge is -2.07. The summed E-state index contributed by atoms with van der Waals surface area (Å²) in [6.45, 7) is 0. The quantitative estimate of drug-likeness (QED) is 0.781. The van der Waals surface area contributed by atoms with Crippen LogP contribution in [0.15, 0.2) is 16.6 Å². The van der Waals surface area contributed by atoms with E-state index < -0.39 is 5.97 Å². The highest BCUT2D eigenvalue weighted by atomic mass is 79.9. The highest BCUT2D eigenvalue weighted by Gasteiger charge is 2.12. The van der Waals surface area contributed by atoms with E-state index in [4.69, 9.17) is 16.3 Å². The van der Waals surface area contributed by atoms with Crippen LogP contribution in [-0.4, -0.2) is 20.2 Å². The molecular weight excluding hydrogens is 271 g/mol. The van der Waals surface area contributed by atoms with Gasteiger partial charge in [0.15, 0.2) is 0 Å². The van der Waals surface area contributed by atoms with Crippen LogP contribution in [0, 0.1) is 0 Å². The van der Waals surface area contributed by atoms with Gasteiger partial charge < -0.3 is 9.47 Å². The molecule has 5 heteroatoms. The molecule has 14 heavy (non-hydrogen) atoms. The Morgan fingerprint density at radius 2 is 2.07 bits per heavy atom. The Labute approximate surface area is 95.1 Å². The van der Waals surface area contributed by atoms with Crippen molar-refractivity contribution in [2.75, 3.05) is 14.2 Å². The van der Waals surface area contributed by atoms with Crippen molar-refractivity contribution in [2.24, 2.45) is 0 Å². The third-order valence-corrected chi connectivity index (χ3v) is 2.88. The number of methoxy groups -OCH3 is 2. The number of hydrogen-bond acceptors (Lipinski definition) is 3. The van der Waals surface area contributed by atoms with Crippen molar-refractivity contribution < 1.29 is 14.3 Å².